The van der Waals surface area contributed by atoms with Crippen molar-refractivity contribution < 1.29 is 22.7 Å². The van der Waals surface area contributed by atoms with Gasteiger partial charge in [0.15, 0.2) is 0 Å². The van der Waals surface area contributed by atoms with Crippen molar-refractivity contribution in [3.05, 3.63) is 35.9 Å². The minimum Gasteiger partial charge on any atom is -0.444 e. The van der Waals surface area contributed by atoms with Crippen molar-refractivity contribution in [2.24, 2.45) is 5.92 Å². The van der Waals surface area contributed by atoms with Crippen molar-refractivity contribution in [2.45, 2.75) is 19.4 Å². The van der Waals surface area contributed by atoms with Crippen LogP contribution in [0, 0.1) is 5.92 Å². The fourth-order valence-electron chi connectivity index (χ4n) is 2.47. The molecule has 7 nitrogen and oxygen atoms in total. The summed E-state index contributed by atoms with van der Waals surface area (Å²) >= 11 is 0. The highest BCUT2D eigenvalue weighted by molar-refractivity contribution is 7.87. The van der Waals surface area contributed by atoms with Crippen LogP contribution in [-0.2, 0) is 26.3 Å². The van der Waals surface area contributed by atoms with Crippen molar-refractivity contribution in [2.75, 3.05) is 26.8 Å². The molecule has 0 atom stereocenters. The maximum Gasteiger partial charge on any atom is 0.422 e. The molecule has 0 bridgehead atoms. The van der Waals surface area contributed by atoms with E-state index < -0.39 is 16.3 Å². The topological polar surface area (TPSA) is 84.9 Å². The Kier molecular flexibility index (Phi) is 6.37. The number of piperidine rings is 1. The Hall–Kier alpha value is -1.64. The lowest BCUT2D eigenvalue weighted by Gasteiger charge is -2.30. The van der Waals surface area contributed by atoms with Crippen LogP contribution in [0.15, 0.2) is 30.3 Å². The highest BCUT2D eigenvalue weighted by atomic mass is 32.2. The highest BCUT2D eigenvalue weighted by Gasteiger charge is 2.29. The minimum absolute atomic E-state index is 0.0259. The number of nitrogens with zero attached hydrogens (tertiary/aromatic N) is 1. The molecule has 23 heavy (non-hydrogen) atoms. The number of methoxy groups -OCH3 is 1. The minimum atomic E-state index is -3.86. The molecule has 0 saturated carbocycles. The largest absolute Gasteiger partial charge is 0.444 e. The van der Waals surface area contributed by atoms with Gasteiger partial charge in [0.25, 0.3) is 0 Å². The number of amides is 1. The standard InChI is InChI=1S/C15H22N2O5S/c1-21-11-14-7-9-17(10-8-14)23(19,20)16-15(18)22-12-13-5-3-2-4-6-13/h2-6,14H,7-12H2,1H3,(H,16,18). The van der Waals surface area contributed by atoms with Crippen molar-refractivity contribution in [3.8, 4) is 0 Å². The highest BCUT2D eigenvalue weighted by Crippen LogP contribution is 2.19. The summed E-state index contributed by atoms with van der Waals surface area (Å²) in [6.45, 7) is 1.39. The summed E-state index contributed by atoms with van der Waals surface area (Å²) in [6, 6.07) is 9.07. The summed E-state index contributed by atoms with van der Waals surface area (Å²) in [5, 5.41) is 0. The molecule has 8 heteroatoms. The van der Waals surface area contributed by atoms with E-state index in [1.807, 2.05) is 22.9 Å². The predicted octanol–water partition coefficient (Wildman–Crippen LogP) is 1.52. The van der Waals surface area contributed by atoms with Gasteiger partial charge < -0.3 is 9.47 Å². The first-order chi connectivity index (χ1) is 11.0. The molecule has 1 heterocycles. The molecular formula is C15H22N2O5S. The third-order valence-corrected chi connectivity index (χ3v) is 5.21. The molecule has 1 aromatic carbocycles. The van der Waals surface area contributed by atoms with Crippen molar-refractivity contribution >= 4 is 16.3 Å². The van der Waals surface area contributed by atoms with Gasteiger partial charge in [0, 0.05) is 26.8 Å². The average molecular weight is 342 g/mol. The first-order valence-electron chi connectivity index (χ1n) is 7.49. The van der Waals surface area contributed by atoms with E-state index in [0.717, 1.165) is 5.56 Å². The zero-order valence-corrected chi connectivity index (χ0v) is 13.9. The van der Waals surface area contributed by atoms with Gasteiger partial charge in [-0.1, -0.05) is 30.3 Å². The van der Waals surface area contributed by atoms with Crippen molar-refractivity contribution in [1.82, 2.24) is 9.03 Å². The van der Waals surface area contributed by atoms with Crippen LogP contribution < -0.4 is 4.72 Å². The number of rotatable bonds is 6. The third-order valence-electron chi connectivity index (χ3n) is 3.74. The van der Waals surface area contributed by atoms with Crippen LogP contribution in [0.4, 0.5) is 4.79 Å². The van der Waals surface area contributed by atoms with E-state index in [4.69, 9.17) is 9.47 Å². The SMILES string of the molecule is COCC1CCN(S(=O)(=O)NC(=O)OCc2ccccc2)CC1. The van der Waals surface area contributed by atoms with Gasteiger partial charge in [-0.3, -0.25) is 0 Å². The second-order valence-corrected chi connectivity index (χ2v) is 7.14. The van der Waals surface area contributed by atoms with Gasteiger partial charge in [0.2, 0.25) is 0 Å². The summed E-state index contributed by atoms with van der Waals surface area (Å²) in [5.41, 5.74) is 0.792. The maximum atomic E-state index is 12.2. The van der Waals surface area contributed by atoms with Gasteiger partial charge in [-0.25, -0.2) is 9.52 Å². The Bertz CT molecular complexity index is 598. The molecule has 2 rings (SSSR count). The second kappa shape index (κ2) is 8.28. The summed E-state index contributed by atoms with van der Waals surface area (Å²) in [5.74, 6) is 0.358. The lowest BCUT2D eigenvalue weighted by molar-refractivity contribution is 0.120. The molecule has 1 N–H and O–H groups in total. The molecule has 1 saturated heterocycles. The van der Waals surface area contributed by atoms with E-state index in [0.29, 0.717) is 38.5 Å². The fraction of sp³-hybridized carbons (Fsp3) is 0.533. The van der Waals surface area contributed by atoms with Crippen LogP contribution >= 0.6 is 0 Å². The van der Waals surface area contributed by atoms with E-state index in [1.54, 1.807) is 19.2 Å². The van der Waals surface area contributed by atoms with E-state index in [1.165, 1.54) is 4.31 Å². The van der Waals surface area contributed by atoms with Gasteiger partial charge in [-0.05, 0) is 24.3 Å². The summed E-state index contributed by atoms with van der Waals surface area (Å²) in [7, 11) is -2.22. The number of carbonyl (C=O) groups is 1. The molecule has 0 aromatic heterocycles. The molecule has 0 unspecified atom stereocenters. The molecule has 1 aliphatic rings. The Morgan fingerprint density at radius 3 is 2.52 bits per heavy atom. The Balaban J connectivity index is 1.80. The number of ether oxygens (including phenoxy) is 2. The second-order valence-electron chi connectivity index (χ2n) is 5.47. The van der Waals surface area contributed by atoms with Crippen molar-refractivity contribution in [3.63, 3.8) is 0 Å². The van der Waals surface area contributed by atoms with Crippen LogP contribution in [0.25, 0.3) is 0 Å². The number of nitrogens with one attached hydrogen (secondary N) is 1. The number of benzene rings is 1. The number of hydrogen-bond donors (Lipinski definition) is 1. The van der Waals surface area contributed by atoms with Gasteiger partial charge in [0.05, 0.1) is 0 Å². The van der Waals surface area contributed by atoms with Crippen LogP contribution in [0.1, 0.15) is 18.4 Å². The molecule has 0 radical (unpaired) electrons. The molecule has 0 spiro atoms. The zero-order valence-electron chi connectivity index (χ0n) is 13.1. The van der Waals surface area contributed by atoms with E-state index >= 15 is 0 Å². The molecule has 1 aliphatic heterocycles. The van der Waals surface area contributed by atoms with Crippen LogP contribution in [0.5, 0.6) is 0 Å². The van der Waals surface area contributed by atoms with E-state index in [2.05, 4.69) is 0 Å². The molecule has 128 valence electrons. The number of hydrogen-bond acceptors (Lipinski definition) is 5. The number of carbonyl (C=O) groups excluding carboxylic acids is 1. The zero-order chi connectivity index (χ0) is 16.7. The molecular weight excluding hydrogens is 320 g/mol. The molecule has 1 fully saturated rings. The molecule has 0 aliphatic carbocycles. The van der Waals surface area contributed by atoms with Crippen LogP contribution in [0.2, 0.25) is 0 Å². The summed E-state index contributed by atoms with van der Waals surface area (Å²) in [6.07, 6.45) is 0.467. The Labute approximate surface area is 136 Å². The van der Waals surface area contributed by atoms with Crippen LogP contribution in [-0.4, -0.2) is 45.6 Å². The quantitative estimate of drug-likeness (QED) is 0.847. The van der Waals surface area contributed by atoms with Gasteiger partial charge in [0.1, 0.15) is 6.61 Å². The molecule has 1 aromatic rings. The summed E-state index contributed by atoms with van der Waals surface area (Å²) < 4.78 is 37.5. The third kappa shape index (κ3) is 5.49. The van der Waals surface area contributed by atoms with Gasteiger partial charge in [-0.15, -0.1) is 0 Å². The first kappa shape index (κ1) is 17.7. The fourth-order valence-corrected chi connectivity index (χ4v) is 3.56. The lowest BCUT2D eigenvalue weighted by atomic mass is 9.99. The van der Waals surface area contributed by atoms with Gasteiger partial charge >= 0.3 is 16.3 Å². The Morgan fingerprint density at radius 2 is 1.91 bits per heavy atom. The smallest absolute Gasteiger partial charge is 0.422 e. The monoisotopic (exact) mass is 342 g/mol. The normalized spacial score (nSPS) is 16.9. The maximum absolute atomic E-state index is 12.2. The van der Waals surface area contributed by atoms with Crippen molar-refractivity contribution in [1.29, 1.82) is 0 Å². The van der Waals surface area contributed by atoms with Gasteiger partial charge in [-0.2, -0.15) is 12.7 Å². The van der Waals surface area contributed by atoms with E-state index in [9.17, 15) is 13.2 Å². The van der Waals surface area contributed by atoms with Crippen LogP contribution in [0.3, 0.4) is 0 Å². The first-order valence-corrected chi connectivity index (χ1v) is 8.93. The summed E-state index contributed by atoms with van der Waals surface area (Å²) in [4.78, 5) is 11.7. The average Bonchev–Trinajstić information content (AvgIpc) is 2.54. The lowest BCUT2D eigenvalue weighted by Crippen LogP contribution is -2.47. The molecule has 1 amide bonds. The predicted molar refractivity (Wildman–Crippen MR) is 84.9 cm³/mol. The Morgan fingerprint density at radius 1 is 1.26 bits per heavy atom. The van der Waals surface area contributed by atoms with E-state index in [-0.39, 0.29) is 6.61 Å².